The summed E-state index contributed by atoms with van der Waals surface area (Å²) in [7, 11) is 1.59. The lowest BCUT2D eigenvalue weighted by Gasteiger charge is -2.14. The molecule has 0 spiro atoms. The molecule has 2 aliphatic heterocycles. The third-order valence-electron chi connectivity index (χ3n) is 3.75. The normalized spacial score (nSPS) is 19.2. The van der Waals surface area contributed by atoms with E-state index >= 15 is 0 Å². The zero-order valence-electron chi connectivity index (χ0n) is 11.7. The number of hydrogen-bond acceptors (Lipinski definition) is 6. The number of fused-ring (bicyclic) bond motifs is 3. The van der Waals surface area contributed by atoms with Crippen LogP contribution in [0.3, 0.4) is 0 Å². The summed E-state index contributed by atoms with van der Waals surface area (Å²) in [6, 6.07) is 3.84. The predicted octanol–water partition coefficient (Wildman–Crippen LogP) is 0.727. The number of rotatable bonds is 4. The van der Waals surface area contributed by atoms with Crippen molar-refractivity contribution in [2.45, 2.75) is 12.6 Å². The van der Waals surface area contributed by atoms with Gasteiger partial charge in [-0.3, -0.25) is 9.98 Å². The monoisotopic (exact) mass is 288 g/mol. The fraction of sp³-hybridized carbons (Fsp3) is 0.429. The third kappa shape index (κ3) is 2.01. The highest BCUT2D eigenvalue weighted by atomic mass is 16.6. The van der Waals surface area contributed by atoms with E-state index in [1.165, 1.54) is 0 Å². The van der Waals surface area contributed by atoms with Crippen molar-refractivity contribution >= 4 is 16.7 Å². The molecule has 21 heavy (non-hydrogen) atoms. The lowest BCUT2D eigenvalue weighted by molar-refractivity contribution is 0.253. The van der Waals surface area contributed by atoms with Gasteiger partial charge in [0.15, 0.2) is 11.5 Å². The van der Waals surface area contributed by atoms with Gasteiger partial charge in [-0.25, -0.2) is 4.98 Å². The van der Waals surface area contributed by atoms with Gasteiger partial charge in [0, 0.05) is 18.5 Å². The van der Waals surface area contributed by atoms with Crippen LogP contribution in [0.5, 0.6) is 11.5 Å². The van der Waals surface area contributed by atoms with E-state index in [2.05, 4.69) is 10.3 Å². The third-order valence-corrected chi connectivity index (χ3v) is 3.75. The van der Waals surface area contributed by atoms with Crippen molar-refractivity contribution in [1.29, 1.82) is 5.41 Å². The second-order valence-corrected chi connectivity index (χ2v) is 5.12. The smallest absolute Gasteiger partial charge is 0.224 e. The van der Waals surface area contributed by atoms with Crippen molar-refractivity contribution in [2.75, 3.05) is 32.2 Å². The molecule has 1 aromatic heterocycles. The Kier molecular flexibility index (Phi) is 2.75. The molecule has 1 fully saturated rings. The van der Waals surface area contributed by atoms with Crippen LogP contribution in [0.2, 0.25) is 0 Å². The van der Waals surface area contributed by atoms with Gasteiger partial charge in [0.05, 0.1) is 13.7 Å². The fourth-order valence-corrected chi connectivity index (χ4v) is 2.62. The first kappa shape index (κ1) is 12.5. The van der Waals surface area contributed by atoms with Crippen LogP contribution in [0.4, 0.5) is 5.82 Å². The van der Waals surface area contributed by atoms with Crippen LogP contribution in [0.25, 0.3) is 10.9 Å². The molecule has 110 valence electrons. The van der Waals surface area contributed by atoms with Crippen molar-refractivity contribution in [3.63, 3.8) is 0 Å². The molecule has 7 nitrogen and oxygen atoms in total. The Morgan fingerprint density at radius 1 is 1.52 bits per heavy atom. The number of epoxide rings is 1. The number of nitrogens with one attached hydrogen (secondary N) is 2. The lowest BCUT2D eigenvalue weighted by Crippen LogP contribution is -2.21. The standard InChI is InChI=1S/C14H16N4O3/c1-19-12-10(21-7-8-6-20-8)3-2-9-11(12)17-14(15)18-5-4-16-13(9)18/h2-3,8,15-16H,4-7H2,1H3/t8-/m0/s1. The first-order valence-electron chi connectivity index (χ1n) is 6.92. The van der Waals surface area contributed by atoms with Crippen LogP contribution >= 0.6 is 0 Å². The summed E-state index contributed by atoms with van der Waals surface area (Å²) >= 11 is 0. The van der Waals surface area contributed by atoms with Gasteiger partial charge in [-0.2, -0.15) is 0 Å². The van der Waals surface area contributed by atoms with Crippen LogP contribution in [-0.4, -0.2) is 42.5 Å². The maximum absolute atomic E-state index is 8.05. The molecule has 2 aliphatic rings. The van der Waals surface area contributed by atoms with Crippen LogP contribution in [0.1, 0.15) is 0 Å². The summed E-state index contributed by atoms with van der Waals surface area (Å²) in [5.41, 5.74) is 0.876. The minimum Gasteiger partial charge on any atom is -0.491 e. The molecule has 0 unspecified atom stereocenters. The molecular weight excluding hydrogens is 272 g/mol. The van der Waals surface area contributed by atoms with Gasteiger partial charge in [-0.05, 0) is 12.1 Å². The second kappa shape index (κ2) is 4.63. The highest BCUT2D eigenvalue weighted by Crippen LogP contribution is 2.37. The summed E-state index contributed by atoms with van der Waals surface area (Å²) in [5, 5.41) is 12.3. The first-order valence-corrected chi connectivity index (χ1v) is 6.92. The first-order chi connectivity index (χ1) is 10.3. The van der Waals surface area contributed by atoms with Gasteiger partial charge in [-0.15, -0.1) is 0 Å². The number of anilines is 1. The summed E-state index contributed by atoms with van der Waals surface area (Å²) in [6.45, 7) is 2.83. The van der Waals surface area contributed by atoms with Crippen molar-refractivity contribution in [1.82, 2.24) is 9.55 Å². The zero-order valence-corrected chi connectivity index (χ0v) is 11.7. The van der Waals surface area contributed by atoms with Crippen molar-refractivity contribution in [3.8, 4) is 11.5 Å². The number of benzene rings is 1. The second-order valence-electron chi connectivity index (χ2n) is 5.12. The minimum absolute atomic E-state index is 0.183. The topological polar surface area (TPSA) is 84.7 Å². The Labute approximate surface area is 121 Å². The average Bonchev–Trinajstić information content (AvgIpc) is 3.18. The Morgan fingerprint density at radius 2 is 2.38 bits per heavy atom. The Balaban J connectivity index is 1.86. The molecular formula is C14H16N4O3. The highest BCUT2D eigenvalue weighted by molar-refractivity contribution is 5.95. The molecule has 1 saturated heterocycles. The van der Waals surface area contributed by atoms with Crippen molar-refractivity contribution < 1.29 is 14.2 Å². The molecule has 1 aromatic carbocycles. The van der Waals surface area contributed by atoms with Crippen LogP contribution < -0.4 is 20.4 Å². The summed E-state index contributed by atoms with van der Waals surface area (Å²) in [6.07, 6.45) is 0.183. The number of methoxy groups -OCH3 is 1. The van der Waals surface area contributed by atoms with E-state index in [0.29, 0.717) is 23.6 Å². The molecule has 2 N–H and O–H groups in total. The van der Waals surface area contributed by atoms with E-state index in [-0.39, 0.29) is 11.7 Å². The molecule has 1 atom stereocenters. The maximum Gasteiger partial charge on any atom is 0.224 e. The maximum atomic E-state index is 8.05. The van der Waals surface area contributed by atoms with Crippen molar-refractivity contribution in [3.05, 3.63) is 17.8 Å². The van der Waals surface area contributed by atoms with E-state index < -0.39 is 0 Å². The molecule has 3 heterocycles. The quantitative estimate of drug-likeness (QED) is 0.810. The van der Waals surface area contributed by atoms with Crippen molar-refractivity contribution in [2.24, 2.45) is 0 Å². The fourth-order valence-electron chi connectivity index (χ4n) is 2.62. The zero-order chi connectivity index (χ0) is 14.4. The number of nitrogens with zero attached hydrogens (tertiary/aromatic N) is 2. The summed E-state index contributed by atoms with van der Waals surface area (Å²) in [4.78, 5) is 4.37. The van der Waals surface area contributed by atoms with Gasteiger partial charge in [0.1, 0.15) is 24.0 Å². The van der Waals surface area contributed by atoms with Gasteiger partial charge in [-0.1, -0.05) is 0 Å². The highest BCUT2D eigenvalue weighted by Gasteiger charge is 2.25. The molecule has 0 saturated carbocycles. The molecule has 4 rings (SSSR count). The molecule has 0 aliphatic carbocycles. The van der Waals surface area contributed by atoms with Gasteiger partial charge < -0.3 is 19.5 Å². The summed E-state index contributed by atoms with van der Waals surface area (Å²) < 4.78 is 18.2. The molecule has 0 amide bonds. The van der Waals surface area contributed by atoms with E-state index in [1.54, 1.807) is 7.11 Å². The summed E-state index contributed by atoms with van der Waals surface area (Å²) in [5.74, 6) is 2.12. The van der Waals surface area contributed by atoms with E-state index in [4.69, 9.17) is 19.6 Å². The lowest BCUT2D eigenvalue weighted by atomic mass is 10.2. The molecule has 7 heteroatoms. The largest absolute Gasteiger partial charge is 0.491 e. The molecule has 0 bridgehead atoms. The molecule has 0 radical (unpaired) electrons. The van der Waals surface area contributed by atoms with E-state index in [0.717, 1.165) is 30.9 Å². The Bertz CT molecular complexity index is 767. The van der Waals surface area contributed by atoms with E-state index in [9.17, 15) is 0 Å². The SMILES string of the molecule is COc1c(OC[C@@H]2CO2)ccc2c3n(c(=N)nc12)CCN3. The van der Waals surface area contributed by atoms with Gasteiger partial charge in [0.2, 0.25) is 5.62 Å². The molecule has 2 aromatic rings. The van der Waals surface area contributed by atoms with Gasteiger partial charge in [0.25, 0.3) is 0 Å². The van der Waals surface area contributed by atoms with E-state index in [1.807, 2.05) is 16.7 Å². The number of ether oxygens (including phenoxy) is 3. The minimum atomic E-state index is 0.183. The van der Waals surface area contributed by atoms with Crippen LogP contribution in [0, 0.1) is 5.41 Å². The van der Waals surface area contributed by atoms with Gasteiger partial charge >= 0.3 is 0 Å². The predicted molar refractivity (Wildman–Crippen MR) is 75.9 cm³/mol. The number of aromatic nitrogens is 2. The Morgan fingerprint density at radius 3 is 3.14 bits per heavy atom. The van der Waals surface area contributed by atoms with Crippen LogP contribution in [0.15, 0.2) is 12.1 Å². The Hall–Kier alpha value is -2.28. The average molecular weight is 288 g/mol. The van der Waals surface area contributed by atoms with Crippen LogP contribution in [-0.2, 0) is 11.3 Å². The number of hydrogen-bond donors (Lipinski definition) is 2.